The van der Waals surface area contributed by atoms with Crippen molar-refractivity contribution in [1.82, 2.24) is 33.5 Å². The third-order valence-electron chi connectivity index (χ3n) is 7.45. The largest absolute Gasteiger partial charge is 0.491 e. The standard InChI is InChI=1S/C25H33N7O3S/c1-18(2)32-25(26-17-27-32)22-16-30-12-13-35-23-8-7-20(14-21(23)24(30)28-22)36(33,34)31-11-5-6-19(31)15-29-9-3-4-10-29/h7-8,14,16-19H,3-6,9-13,15H2,1-2H3/t19-/m0/s1. The van der Waals surface area contributed by atoms with E-state index >= 15 is 0 Å². The molecule has 0 spiro atoms. The van der Waals surface area contributed by atoms with Crippen LogP contribution in [0.15, 0.2) is 35.6 Å². The van der Waals surface area contributed by atoms with Gasteiger partial charge in [-0.1, -0.05) is 0 Å². The van der Waals surface area contributed by atoms with Gasteiger partial charge in [-0.25, -0.2) is 23.1 Å². The fourth-order valence-corrected chi connectivity index (χ4v) is 7.36. The van der Waals surface area contributed by atoms with Gasteiger partial charge in [0.25, 0.3) is 0 Å². The first kappa shape index (κ1) is 23.6. The van der Waals surface area contributed by atoms with Gasteiger partial charge in [-0.2, -0.15) is 9.40 Å². The average molecular weight is 512 g/mol. The number of hydrogen-bond donors (Lipinski definition) is 0. The molecule has 36 heavy (non-hydrogen) atoms. The van der Waals surface area contributed by atoms with Crippen molar-refractivity contribution in [3.63, 3.8) is 0 Å². The number of rotatable bonds is 6. The number of aromatic nitrogens is 5. The summed E-state index contributed by atoms with van der Waals surface area (Å²) >= 11 is 0. The van der Waals surface area contributed by atoms with Crippen LogP contribution in [0.1, 0.15) is 45.6 Å². The number of ether oxygens (including phenoxy) is 1. The van der Waals surface area contributed by atoms with Gasteiger partial charge in [0, 0.05) is 31.4 Å². The summed E-state index contributed by atoms with van der Waals surface area (Å²) in [6.07, 6.45) is 7.70. The Labute approximate surface area is 211 Å². The molecular weight excluding hydrogens is 478 g/mol. The molecule has 3 aromatic rings. The van der Waals surface area contributed by atoms with Crippen molar-refractivity contribution in [2.24, 2.45) is 0 Å². The second-order valence-electron chi connectivity index (χ2n) is 10.2. The number of fused-ring (bicyclic) bond motifs is 3. The molecule has 0 unspecified atom stereocenters. The van der Waals surface area contributed by atoms with E-state index in [0.29, 0.717) is 53.2 Å². The molecule has 1 atom stereocenters. The second kappa shape index (κ2) is 9.28. The Kier molecular flexibility index (Phi) is 6.09. The van der Waals surface area contributed by atoms with Gasteiger partial charge in [-0.3, -0.25) is 0 Å². The van der Waals surface area contributed by atoms with Crippen molar-refractivity contribution in [2.75, 3.05) is 32.8 Å². The monoisotopic (exact) mass is 511 g/mol. The maximum atomic E-state index is 13.8. The van der Waals surface area contributed by atoms with Crippen LogP contribution in [-0.4, -0.2) is 80.8 Å². The molecule has 0 radical (unpaired) electrons. The van der Waals surface area contributed by atoms with Crippen LogP contribution in [0.4, 0.5) is 0 Å². The highest BCUT2D eigenvalue weighted by Crippen LogP contribution is 2.37. The molecule has 2 saturated heterocycles. The molecule has 11 heteroatoms. The molecule has 10 nitrogen and oxygen atoms in total. The van der Waals surface area contributed by atoms with Crippen molar-refractivity contribution in [3.05, 3.63) is 30.7 Å². The molecule has 6 rings (SSSR count). The second-order valence-corrected chi connectivity index (χ2v) is 12.1. The third kappa shape index (κ3) is 4.12. The summed E-state index contributed by atoms with van der Waals surface area (Å²) in [7, 11) is -3.64. The van der Waals surface area contributed by atoms with Crippen molar-refractivity contribution in [3.8, 4) is 28.7 Å². The number of benzene rings is 1. The maximum Gasteiger partial charge on any atom is 0.243 e. The van der Waals surface area contributed by atoms with E-state index in [1.165, 1.54) is 19.2 Å². The molecule has 0 N–H and O–H groups in total. The highest BCUT2D eigenvalue weighted by Gasteiger charge is 2.37. The molecule has 1 aromatic carbocycles. The van der Waals surface area contributed by atoms with Gasteiger partial charge in [-0.15, -0.1) is 0 Å². The first-order chi connectivity index (χ1) is 17.4. The van der Waals surface area contributed by atoms with E-state index in [-0.39, 0.29) is 12.1 Å². The summed E-state index contributed by atoms with van der Waals surface area (Å²) in [5, 5.41) is 4.34. The molecule has 0 saturated carbocycles. The number of hydrogen-bond acceptors (Lipinski definition) is 7. The average Bonchev–Trinajstić information content (AvgIpc) is 3.65. The van der Waals surface area contributed by atoms with E-state index in [4.69, 9.17) is 9.72 Å². The molecule has 0 amide bonds. The lowest BCUT2D eigenvalue weighted by atomic mass is 10.2. The smallest absolute Gasteiger partial charge is 0.243 e. The van der Waals surface area contributed by atoms with Crippen LogP contribution >= 0.6 is 0 Å². The van der Waals surface area contributed by atoms with Gasteiger partial charge < -0.3 is 14.2 Å². The summed E-state index contributed by atoms with van der Waals surface area (Å²) < 4.78 is 39.2. The van der Waals surface area contributed by atoms with Gasteiger partial charge in [0.15, 0.2) is 5.82 Å². The van der Waals surface area contributed by atoms with E-state index in [0.717, 1.165) is 32.5 Å². The van der Waals surface area contributed by atoms with Gasteiger partial charge in [0.2, 0.25) is 10.0 Å². The number of imidazole rings is 1. The molecule has 5 heterocycles. The molecule has 3 aliphatic heterocycles. The lowest BCUT2D eigenvalue weighted by Gasteiger charge is -2.28. The Morgan fingerprint density at radius 1 is 1.08 bits per heavy atom. The molecule has 3 aliphatic rings. The summed E-state index contributed by atoms with van der Waals surface area (Å²) in [4.78, 5) is 12.0. The van der Waals surface area contributed by atoms with E-state index in [2.05, 4.69) is 28.8 Å². The summed E-state index contributed by atoms with van der Waals surface area (Å²) in [6.45, 7) is 8.70. The van der Waals surface area contributed by atoms with Crippen LogP contribution in [0.2, 0.25) is 0 Å². The summed E-state index contributed by atoms with van der Waals surface area (Å²) in [6, 6.07) is 5.35. The molecular formula is C25H33N7O3S. The van der Waals surface area contributed by atoms with Crippen molar-refractivity contribution in [2.45, 2.75) is 63.1 Å². The van der Waals surface area contributed by atoms with Crippen molar-refractivity contribution < 1.29 is 13.2 Å². The van der Waals surface area contributed by atoms with E-state index in [9.17, 15) is 8.42 Å². The van der Waals surface area contributed by atoms with Crippen LogP contribution in [0.3, 0.4) is 0 Å². The predicted molar refractivity (Wildman–Crippen MR) is 135 cm³/mol. The summed E-state index contributed by atoms with van der Waals surface area (Å²) in [5.41, 5.74) is 1.40. The van der Waals surface area contributed by atoms with Crippen LogP contribution in [0, 0.1) is 0 Å². The Hall–Kier alpha value is -2.76. The molecule has 0 aliphatic carbocycles. The normalized spacial score (nSPS) is 20.9. The van der Waals surface area contributed by atoms with Gasteiger partial charge >= 0.3 is 0 Å². The first-order valence-electron chi connectivity index (χ1n) is 12.9. The molecule has 2 fully saturated rings. The fourth-order valence-electron chi connectivity index (χ4n) is 5.65. The van der Waals surface area contributed by atoms with E-state index in [1.807, 2.05) is 15.4 Å². The zero-order chi connectivity index (χ0) is 24.9. The maximum absolute atomic E-state index is 13.8. The molecule has 2 aromatic heterocycles. The third-order valence-corrected chi connectivity index (χ3v) is 9.39. The van der Waals surface area contributed by atoms with Crippen LogP contribution in [0.25, 0.3) is 22.9 Å². The summed E-state index contributed by atoms with van der Waals surface area (Å²) in [5.74, 6) is 2.02. The molecule has 192 valence electrons. The Morgan fingerprint density at radius 3 is 2.72 bits per heavy atom. The highest BCUT2D eigenvalue weighted by molar-refractivity contribution is 7.89. The predicted octanol–water partition coefficient (Wildman–Crippen LogP) is 3.03. The van der Waals surface area contributed by atoms with Gasteiger partial charge in [0.05, 0.1) is 17.0 Å². The zero-order valence-electron chi connectivity index (χ0n) is 20.9. The van der Waals surface area contributed by atoms with Gasteiger partial charge in [0.1, 0.15) is 30.2 Å². The Bertz CT molecular complexity index is 1360. The number of likely N-dealkylation sites (tertiary alicyclic amines) is 1. The lowest BCUT2D eigenvalue weighted by molar-refractivity contribution is 0.257. The molecule has 0 bridgehead atoms. The Morgan fingerprint density at radius 2 is 1.92 bits per heavy atom. The highest BCUT2D eigenvalue weighted by atomic mass is 32.2. The van der Waals surface area contributed by atoms with Gasteiger partial charge in [-0.05, 0) is 70.8 Å². The van der Waals surface area contributed by atoms with E-state index in [1.54, 1.807) is 22.5 Å². The lowest BCUT2D eigenvalue weighted by Crippen LogP contribution is -2.42. The van der Waals surface area contributed by atoms with Crippen molar-refractivity contribution >= 4 is 10.0 Å². The zero-order valence-corrected chi connectivity index (χ0v) is 21.7. The van der Waals surface area contributed by atoms with E-state index < -0.39 is 10.0 Å². The van der Waals surface area contributed by atoms with Crippen LogP contribution in [-0.2, 0) is 16.6 Å². The number of nitrogens with zero attached hydrogens (tertiary/aromatic N) is 7. The fraction of sp³-hybridized carbons (Fsp3) is 0.560. The minimum absolute atomic E-state index is 0.0270. The van der Waals surface area contributed by atoms with Crippen molar-refractivity contribution in [1.29, 1.82) is 0 Å². The topological polar surface area (TPSA) is 98.4 Å². The van der Waals surface area contributed by atoms with Crippen LogP contribution < -0.4 is 4.74 Å². The quantitative estimate of drug-likeness (QED) is 0.502. The number of sulfonamides is 1. The Balaban J connectivity index is 1.36. The minimum Gasteiger partial charge on any atom is -0.491 e. The van der Waals surface area contributed by atoms with Crippen LogP contribution in [0.5, 0.6) is 5.75 Å². The minimum atomic E-state index is -3.64. The first-order valence-corrected chi connectivity index (χ1v) is 14.3. The SMILES string of the molecule is CC(C)n1ncnc1-c1cn2c(n1)-c1cc(S(=O)(=O)N3CCC[C@H]3CN3CCCC3)ccc1OCC2.